The lowest BCUT2D eigenvalue weighted by atomic mass is 9.43. The van der Waals surface area contributed by atoms with Crippen molar-refractivity contribution < 1.29 is 14.0 Å². The molecule has 4 heteroatoms. The van der Waals surface area contributed by atoms with Crippen LogP contribution in [-0.2, 0) is 9.59 Å². The molecule has 3 aliphatic rings. The number of hydrogen-bond donors (Lipinski definition) is 0. The Hall–Kier alpha value is -2.49. The van der Waals surface area contributed by atoms with Gasteiger partial charge >= 0.3 is 5.63 Å². The Balaban J connectivity index is 1.64. The van der Waals surface area contributed by atoms with Crippen molar-refractivity contribution in [3.63, 3.8) is 0 Å². The van der Waals surface area contributed by atoms with Gasteiger partial charge in [0, 0.05) is 34.8 Å². The second-order valence-corrected chi connectivity index (χ2v) is 11.9. The molecule has 0 radical (unpaired) electrons. The van der Waals surface area contributed by atoms with Gasteiger partial charge in [-0.1, -0.05) is 45.9 Å². The molecule has 3 fully saturated rings. The summed E-state index contributed by atoms with van der Waals surface area (Å²) in [5.41, 5.74) is 2.64. The van der Waals surface area contributed by atoms with Crippen molar-refractivity contribution in [3.8, 4) is 0 Å². The van der Waals surface area contributed by atoms with Crippen molar-refractivity contribution >= 4 is 17.1 Å². The van der Waals surface area contributed by atoms with Gasteiger partial charge in [-0.3, -0.25) is 9.59 Å². The van der Waals surface area contributed by atoms with Crippen LogP contribution in [0.3, 0.4) is 0 Å². The van der Waals surface area contributed by atoms with Gasteiger partial charge in [0.25, 0.3) is 0 Å². The topological polar surface area (TPSA) is 64.3 Å². The van der Waals surface area contributed by atoms with E-state index in [1.807, 2.05) is 38.1 Å². The van der Waals surface area contributed by atoms with Gasteiger partial charge in [-0.05, 0) is 80.6 Å². The maximum atomic E-state index is 13.4. The van der Waals surface area contributed by atoms with E-state index in [1.165, 1.54) is 0 Å². The van der Waals surface area contributed by atoms with E-state index in [0.29, 0.717) is 35.9 Å². The van der Waals surface area contributed by atoms with E-state index in [9.17, 15) is 14.4 Å². The van der Waals surface area contributed by atoms with Crippen LogP contribution in [0.5, 0.6) is 0 Å². The highest BCUT2D eigenvalue weighted by Crippen LogP contribution is 2.68. The molecule has 0 unspecified atom stereocenters. The van der Waals surface area contributed by atoms with Gasteiger partial charge in [0.15, 0.2) is 5.78 Å². The third-order valence-corrected chi connectivity index (χ3v) is 9.52. The molecule has 0 aliphatic heterocycles. The zero-order chi connectivity index (χ0) is 25.1. The fourth-order valence-electron chi connectivity index (χ4n) is 7.58. The van der Waals surface area contributed by atoms with Crippen molar-refractivity contribution in [3.05, 3.63) is 63.3 Å². The number of rotatable bonds is 3. The van der Waals surface area contributed by atoms with Crippen LogP contribution in [0.15, 0.2) is 50.7 Å². The fourth-order valence-corrected chi connectivity index (χ4v) is 7.58. The van der Waals surface area contributed by atoms with E-state index < -0.39 is 0 Å². The molecule has 3 aliphatic carbocycles. The zero-order valence-corrected chi connectivity index (χ0v) is 21.7. The van der Waals surface area contributed by atoms with Crippen molar-refractivity contribution in [2.45, 2.75) is 80.6 Å². The molecule has 182 valence electrons. The van der Waals surface area contributed by atoms with Crippen LogP contribution >= 0.6 is 0 Å². The summed E-state index contributed by atoms with van der Waals surface area (Å²) in [6.07, 6.45) is 9.90. The number of hydrogen-bond acceptors (Lipinski definition) is 4. The standard InChI is InChI=1S/C30H38O4/c1-18(22-12-11-20(3)27(33)34-22)9-8-10-19(2)26-21(31)17-24-29(6)16-14-25(32)28(4,5)23(29)13-15-30(24,26)7/h8-12,23-24H,13-17H2,1-7H3/t23-,24-,29-,30-/m0/s1. The molecule has 0 aromatic carbocycles. The smallest absolute Gasteiger partial charge is 0.339 e. The van der Waals surface area contributed by atoms with Crippen LogP contribution < -0.4 is 5.63 Å². The van der Waals surface area contributed by atoms with Gasteiger partial charge in [-0.2, -0.15) is 0 Å². The van der Waals surface area contributed by atoms with Crippen LogP contribution in [0.1, 0.15) is 85.0 Å². The summed E-state index contributed by atoms with van der Waals surface area (Å²) < 4.78 is 5.37. The lowest BCUT2D eigenvalue weighted by molar-refractivity contribution is -0.154. The first kappa shape index (κ1) is 24.6. The van der Waals surface area contributed by atoms with Gasteiger partial charge in [0.05, 0.1) is 0 Å². The highest BCUT2D eigenvalue weighted by atomic mass is 16.4. The van der Waals surface area contributed by atoms with Crippen LogP contribution in [0.25, 0.3) is 5.57 Å². The van der Waals surface area contributed by atoms with Crippen LogP contribution in [-0.4, -0.2) is 11.6 Å². The van der Waals surface area contributed by atoms with Crippen LogP contribution in [0, 0.1) is 35.0 Å². The molecular weight excluding hydrogens is 424 g/mol. The molecule has 0 N–H and O–H groups in total. The van der Waals surface area contributed by atoms with E-state index >= 15 is 0 Å². The summed E-state index contributed by atoms with van der Waals surface area (Å²) in [7, 11) is 0. The molecular formula is C30H38O4. The van der Waals surface area contributed by atoms with Crippen LogP contribution in [0.4, 0.5) is 0 Å². The number of carbonyl (C=O) groups is 2. The molecule has 4 nitrogen and oxygen atoms in total. The molecule has 1 aromatic heterocycles. The predicted molar refractivity (Wildman–Crippen MR) is 135 cm³/mol. The van der Waals surface area contributed by atoms with E-state index in [-0.39, 0.29) is 33.6 Å². The number of Topliss-reactive ketones (excluding diaryl/α,β-unsaturated/α-hetero) is 2. The minimum Gasteiger partial charge on any atom is -0.423 e. The Labute approximate surface area is 203 Å². The van der Waals surface area contributed by atoms with E-state index in [1.54, 1.807) is 13.0 Å². The average molecular weight is 463 g/mol. The Morgan fingerprint density at radius 3 is 2.41 bits per heavy atom. The molecule has 4 atom stereocenters. The van der Waals surface area contributed by atoms with Gasteiger partial charge in [-0.25, -0.2) is 4.79 Å². The second kappa shape index (κ2) is 8.32. The largest absolute Gasteiger partial charge is 0.423 e. The summed E-state index contributed by atoms with van der Waals surface area (Å²) >= 11 is 0. The summed E-state index contributed by atoms with van der Waals surface area (Å²) in [5, 5.41) is 0. The average Bonchev–Trinajstić information content (AvgIpc) is 3.04. The summed E-state index contributed by atoms with van der Waals surface area (Å²) in [5.74, 6) is 1.80. The molecule has 4 rings (SSSR count). The Kier molecular flexibility index (Phi) is 6.03. The van der Waals surface area contributed by atoms with E-state index in [4.69, 9.17) is 4.42 Å². The predicted octanol–water partition coefficient (Wildman–Crippen LogP) is 6.62. The number of aryl methyl sites for hydroxylation is 1. The lowest BCUT2D eigenvalue weighted by Gasteiger charge is -2.60. The Bertz CT molecular complexity index is 1190. The maximum Gasteiger partial charge on any atom is 0.339 e. The van der Waals surface area contributed by atoms with E-state index in [0.717, 1.165) is 36.0 Å². The highest BCUT2D eigenvalue weighted by Gasteiger charge is 2.64. The van der Waals surface area contributed by atoms with Crippen molar-refractivity contribution in [2.24, 2.45) is 28.1 Å². The molecule has 0 amide bonds. The molecule has 0 spiro atoms. The first-order chi connectivity index (χ1) is 15.8. The van der Waals surface area contributed by atoms with E-state index in [2.05, 4.69) is 27.7 Å². The van der Waals surface area contributed by atoms with Crippen molar-refractivity contribution in [1.29, 1.82) is 0 Å². The molecule has 34 heavy (non-hydrogen) atoms. The monoisotopic (exact) mass is 462 g/mol. The van der Waals surface area contributed by atoms with Crippen molar-refractivity contribution in [1.82, 2.24) is 0 Å². The lowest BCUT2D eigenvalue weighted by Crippen LogP contribution is -2.56. The molecule has 3 saturated carbocycles. The normalized spacial score (nSPS) is 34.9. The summed E-state index contributed by atoms with van der Waals surface area (Å²) in [6, 6.07) is 3.58. The molecule has 0 saturated heterocycles. The number of carbonyl (C=O) groups excluding carboxylic acids is 2. The third kappa shape index (κ3) is 3.70. The zero-order valence-electron chi connectivity index (χ0n) is 21.7. The Morgan fingerprint density at radius 2 is 1.74 bits per heavy atom. The van der Waals surface area contributed by atoms with Gasteiger partial charge < -0.3 is 4.42 Å². The summed E-state index contributed by atoms with van der Waals surface area (Å²) in [6.45, 7) is 14.5. The SMILES string of the molecule is CC(=CC=CC(C)=C1C(=O)C[C@H]2[C@@]3(C)CCC(=O)C(C)(C)[C@@H]3CC[C@]12C)c1ccc(C)c(=O)o1. The first-order valence-corrected chi connectivity index (χ1v) is 12.6. The quantitative estimate of drug-likeness (QED) is 0.374. The molecule has 0 bridgehead atoms. The minimum atomic E-state index is -0.320. The molecule has 1 heterocycles. The van der Waals surface area contributed by atoms with Gasteiger partial charge in [0.1, 0.15) is 11.5 Å². The molecule has 1 aromatic rings. The highest BCUT2D eigenvalue weighted by molar-refractivity contribution is 6.01. The number of ketones is 2. The number of fused-ring (bicyclic) bond motifs is 3. The van der Waals surface area contributed by atoms with Crippen molar-refractivity contribution in [2.75, 3.05) is 0 Å². The van der Waals surface area contributed by atoms with Gasteiger partial charge in [-0.15, -0.1) is 0 Å². The maximum absolute atomic E-state index is 13.4. The second-order valence-electron chi connectivity index (χ2n) is 11.9. The Morgan fingerprint density at radius 1 is 1.03 bits per heavy atom. The fraction of sp³-hybridized carbons (Fsp3) is 0.567. The van der Waals surface area contributed by atoms with Crippen LogP contribution in [0.2, 0.25) is 0 Å². The number of allylic oxidation sites excluding steroid dienone is 6. The minimum absolute atomic E-state index is 0.00525. The third-order valence-electron chi connectivity index (χ3n) is 9.52. The first-order valence-electron chi connectivity index (χ1n) is 12.6. The van der Waals surface area contributed by atoms with Gasteiger partial charge in [0.2, 0.25) is 0 Å². The summed E-state index contributed by atoms with van der Waals surface area (Å²) in [4.78, 5) is 37.9.